The number of amides is 4. The highest BCUT2D eigenvalue weighted by atomic mass is 35.5. The third-order valence-electron chi connectivity index (χ3n) is 1.96. The van der Waals surface area contributed by atoms with Crippen molar-refractivity contribution in [3.05, 3.63) is 29.8 Å². The molecule has 0 bridgehead atoms. The average Bonchev–Trinajstić information content (AvgIpc) is 2.28. The largest absolute Gasteiger partial charge is 0.351 e. The van der Waals surface area contributed by atoms with Crippen molar-refractivity contribution < 1.29 is 14.4 Å². The smallest absolute Gasteiger partial charge is 0.318 e. The van der Waals surface area contributed by atoms with Crippen LogP contribution >= 0.6 is 11.6 Å². The zero-order valence-electron chi connectivity index (χ0n) is 9.40. The number of alkyl halides is 1. The minimum absolute atomic E-state index is 0.00642. The molecule has 1 rings (SSSR count). The van der Waals surface area contributed by atoms with Gasteiger partial charge >= 0.3 is 6.03 Å². The van der Waals surface area contributed by atoms with Crippen molar-refractivity contribution in [2.75, 3.05) is 11.2 Å². The van der Waals surface area contributed by atoms with E-state index in [1.54, 1.807) is 24.3 Å². The molecule has 0 atom stereocenters. The first-order chi connectivity index (χ1) is 8.51. The van der Waals surface area contributed by atoms with Crippen LogP contribution in [0.15, 0.2) is 24.3 Å². The monoisotopic (exact) mass is 269 g/mol. The van der Waals surface area contributed by atoms with Crippen LogP contribution in [0.5, 0.6) is 0 Å². The molecular formula is C11H12ClN3O3. The molecule has 4 N–H and O–H groups in total. The summed E-state index contributed by atoms with van der Waals surface area (Å²) in [5, 5.41) is 4.51. The van der Waals surface area contributed by atoms with E-state index < -0.39 is 11.9 Å². The summed E-state index contributed by atoms with van der Waals surface area (Å²) >= 11 is 5.36. The van der Waals surface area contributed by atoms with Gasteiger partial charge in [-0.3, -0.25) is 14.9 Å². The standard InChI is InChI=1S/C11H12ClN3O3/c12-6-10(17)14-8-3-1-2-7(4-8)5-9(16)15-11(13)18/h1-4H,5-6H2,(H,14,17)(H3,13,15,16,18). The van der Waals surface area contributed by atoms with Gasteiger partial charge in [0.05, 0.1) is 6.42 Å². The lowest BCUT2D eigenvalue weighted by molar-refractivity contribution is -0.119. The van der Waals surface area contributed by atoms with Gasteiger partial charge < -0.3 is 11.1 Å². The van der Waals surface area contributed by atoms with E-state index in [0.717, 1.165) is 0 Å². The Hall–Kier alpha value is -2.08. The van der Waals surface area contributed by atoms with E-state index in [9.17, 15) is 14.4 Å². The highest BCUT2D eigenvalue weighted by Crippen LogP contribution is 2.11. The van der Waals surface area contributed by atoms with Crippen molar-refractivity contribution in [2.24, 2.45) is 5.73 Å². The molecule has 0 aliphatic rings. The lowest BCUT2D eigenvalue weighted by atomic mass is 10.1. The summed E-state index contributed by atoms with van der Waals surface area (Å²) in [7, 11) is 0. The molecule has 1 aromatic carbocycles. The second-order valence-electron chi connectivity index (χ2n) is 3.47. The van der Waals surface area contributed by atoms with Crippen LogP contribution in [0.3, 0.4) is 0 Å². The van der Waals surface area contributed by atoms with Gasteiger partial charge in [-0.15, -0.1) is 11.6 Å². The summed E-state index contributed by atoms with van der Waals surface area (Å²) in [6, 6.07) is 5.75. The number of urea groups is 1. The van der Waals surface area contributed by atoms with Gasteiger partial charge in [0.15, 0.2) is 0 Å². The number of nitrogens with one attached hydrogen (secondary N) is 2. The molecule has 0 aromatic heterocycles. The summed E-state index contributed by atoms with van der Waals surface area (Å²) in [4.78, 5) is 32.8. The zero-order valence-corrected chi connectivity index (χ0v) is 10.2. The molecule has 18 heavy (non-hydrogen) atoms. The van der Waals surface area contributed by atoms with E-state index in [0.29, 0.717) is 11.3 Å². The van der Waals surface area contributed by atoms with E-state index in [2.05, 4.69) is 5.32 Å². The van der Waals surface area contributed by atoms with E-state index >= 15 is 0 Å². The number of hydrogen-bond donors (Lipinski definition) is 3. The van der Waals surface area contributed by atoms with Crippen molar-refractivity contribution in [2.45, 2.75) is 6.42 Å². The highest BCUT2D eigenvalue weighted by Gasteiger charge is 2.07. The van der Waals surface area contributed by atoms with Gasteiger partial charge in [0.25, 0.3) is 0 Å². The summed E-state index contributed by atoms with van der Waals surface area (Å²) in [5.41, 5.74) is 5.99. The topological polar surface area (TPSA) is 101 Å². The van der Waals surface area contributed by atoms with E-state index in [-0.39, 0.29) is 18.2 Å². The van der Waals surface area contributed by atoms with Gasteiger partial charge in [-0.1, -0.05) is 12.1 Å². The fourth-order valence-corrected chi connectivity index (χ4v) is 1.39. The molecule has 0 saturated heterocycles. The summed E-state index contributed by atoms with van der Waals surface area (Å²) in [6.07, 6.45) is -0.00642. The second-order valence-corrected chi connectivity index (χ2v) is 3.74. The molecule has 96 valence electrons. The van der Waals surface area contributed by atoms with Crippen LogP contribution in [-0.2, 0) is 16.0 Å². The number of benzene rings is 1. The molecule has 4 amide bonds. The van der Waals surface area contributed by atoms with Crippen molar-refractivity contribution >= 4 is 35.1 Å². The Kier molecular flexibility index (Phi) is 5.13. The van der Waals surface area contributed by atoms with Gasteiger partial charge in [-0.2, -0.15) is 0 Å². The summed E-state index contributed by atoms with van der Waals surface area (Å²) < 4.78 is 0. The molecule has 0 fully saturated rings. The van der Waals surface area contributed by atoms with Crippen molar-refractivity contribution in [1.29, 1.82) is 0 Å². The predicted molar refractivity (Wildman–Crippen MR) is 67.2 cm³/mol. The minimum atomic E-state index is -0.897. The number of halogens is 1. The molecule has 0 spiro atoms. The van der Waals surface area contributed by atoms with Crippen LogP contribution in [0.1, 0.15) is 5.56 Å². The molecule has 7 heteroatoms. The van der Waals surface area contributed by atoms with Crippen LogP contribution in [0, 0.1) is 0 Å². The number of carbonyl (C=O) groups excluding carboxylic acids is 3. The number of primary amides is 1. The van der Waals surface area contributed by atoms with Crippen LogP contribution in [0.2, 0.25) is 0 Å². The Bertz CT molecular complexity index is 476. The van der Waals surface area contributed by atoms with Crippen LogP contribution in [0.25, 0.3) is 0 Å². The van der Waals surface area contributed by atoms with Crippen molar-refractivity contribution in [1.82, 2.24) is 5.32 Å². The molecule has 6 nitrogen and oxygen atoms in total. The van der Waals surface area contributed by atoms with Crippen molar-refractivity contribution in [3.63, 3.8) is 0 Å². The summed E-state index contributed by atoms with van der Waals surface area (Å²) in [5.74, 6) is -0.995. The fraction of sp³-hybridized carbons (Fsp3) is 0.182. The number of rotatable bonds is 4. The maximum atomic E-state index is 11.3. The molecule has 0 unspecified atom stereocenters. The highest BCUT2D eigenvalue weighted by molar-refractivity contribution is 6.29. The average molecular weight is 270 g/mol. The lowest BCUT2D eigenvalue weighted by Gasteiger charge is -2.06. The number of carbonyl (C=O) groups is 3. The number of nitrogens with two attached hydrogens (primary N) is 1. The fourth-order valence-electron chi connectivity index (χ4n) is 1.32. The SMILES string of the molecule is NC(=O)NC(=O)Cc1cccc(NC(=O)CCl)c1. The molecule has 0 saturated carbocycles. The quantitative estimate of drug-likeness (QED) is 0.698. The first-order valence-corrected chi connectivity index (χ1v) is 5.58. The Morgan fingerprint density at radius 3 is 2.56 bits per heavy atom. The third-order valence-corrected chi connectivity index (χ3v) is 2.20. The van der Waals surface area contributed by atoms with Crippen LogP contribution < -0.4 is 16.4 Å². The van der Waals surface area contributed by atoms with Crippen LogP contribution in [-0.4, -0.2) is 23.7 Å². The second kappa shape index (κ2) is 6.61. The van der Waals surface area contributed by atoms with Crippen molar-refractivity contribution in [3.8, 4) is 0 Å². The summed E-state index contributed by atoms with van der Waals surface area (Å²) in [6.45, 7) is 0. The molecule has 0 heterocycles. The lowest BCUT2D eigenvalue weighted by Crippen LogP contribution is -2.35. The Morgan fingerprint density at radius 1 is 1.22 bits per heavy atom. The first kappa shape index (κ1) is 14.0. The van der Waals surface area contributed by atoms with Crippen LogP contribution in [0.4, 0.5) is 10.5 Å². The number of imide groups is 1. The maximum Gasteiger partial charge on any atom is 0.318 e. The molecule has 0 aliphatic carbocycles. The predicted octanol–water partition coefficient (Wildman–Crippen LogP) is 0.601. The molecule has 0 aliphatic heterocycles. The zero-order chi connectivity index (χ0) is 13.5. The first-order valence-electron chi connectivity index (χ1n) is 5.05. The van der Waals surface area contributed by atoms with E-state index in [1.165, 1.54) is 0 Å². The molecular weight excluding hydrogens is 258 g/mol. The Morgan fingerprint density at radius 2 is 1.94 bits per heavy atom. The minimum Gasteiger partial charge on any atom is -0.351 e. The maximum absolute atomic E-state index is 11.3. The third kappa shape index (κ3) is 4.84. The number of anilines is 1. The molecule has 1 aromatic rings. The van der Waals surface area contributed by atoms with Gasteiger partial charge in [-0.05, 0) is 17.7 Å². The van der Waals surface area contributed by atoms with E-state index in [1.807, 2.05) is 5.32 Å². The van der Waals surface area contributed by atoms with Gasteiger partial charge in [-0.25, -0.2) is 4.79 Å². The Labute approximate surface area is 108 Å². The molecule has 0 radical (unpaired) electrons. The normalized spacial score (nSPS) is 9.61. The van der Waals surface area contributed by atoms with Gasteiger partial charge in [0.2, 0.25) is 11.8 Å². The van der Waals surface area contributed by atoms with E-state index in [4.69, 9.17) is 17.3 Å². The number of hydrogen-bond acceptors (Lipinski definition) is 3. The van der Waals surface area contributed by atoms with Gasteiger partial charge in [0, 0.05) is 5.69 Å². The van der Waals surface area contributed by atoms with Gasteiger partial charge in [0.1, 0.15) is 5.88 Å². The Balaban J connectivity index is 2.67.